The first-order valence-electron chi connectivity index (χ1n) is 7.85. The Bertz CT molecular complexity index is 584. The number of carbonyl (C=O) groups excluding carboxylic acids is 1. The van der Waals surface area contributed by atoms with Gasteiger partial charge in [-0.05, 0) is 42.5 Å². The summed E-state index contributed by atoms with van der Waals surface area (Å²) in [5, 5.41) is 9.36. The van der Waals surface area contributed by atoms with Gasteiger partial charge in [-0.1, -0.05) is 19.1 Å². The lowest BCUT2D eigenvalue weighted by Gasteiger charge is -2.30. The van der Waals surface area contributed by atoms with E-state index in [2.05, 4.69) is 6.92 Å². The van der Waals surface area contributed by atoms with E-state index in [0.29, 0.717) is 11.7 Å². The van der Waals surface area contributed by atoms with Gasteiger partial charge in [0.1, 0.15) is 5.75 Å². The summed E-state index contributed by atoms with van der Waals surface area (Å²) in [7, 11) is 1.58. The molecule has 124 valence electrons. The molecular formula is C18H23NO4. The summed E-state index contributed by atoms with van der Waals surface area (Å²) in [6.07, 6.45) is 3.44. The van der Waals surface area contributed by atoms with Crippen molar-refractivity contribution in [3.63, 3.8) is 0 Å². The third kappa shape index (κ3) is 4.84. The standard InChI is InChI=1S/C18H23NO4/c1-13-7-9-19(10-8-13)17(20)12-15(18(21)22)11-14-3-5-16(23-2)6-4-14/h3-6,11,13H,7-10,12H2,1-2H3,(H,21,22)/b15-11+. The van der Waals surface area contributed by atoms with Crippen LogP contribution in [0.1, 0.15) is 31.7 Å². The van der Waals surface area contributed by atoms with Crippen molar-refractivity contribution in [1.29, 1.82) is 0 Å². The van der Waals surface area contributed by atoms with Crippen LogP contribution in [-0.2, 0) is 9.59 Å². The van der Waals surface area contributed by atoms with Gasteiger partial charge in [-0.3, -0.25) is 4.79 Å². The first-order chi connectivity index (χ1) is 11.0. The molecule has 0 aliphatic carbocycles. The predicted molar refractivity (Wildman–Crippen MR) is 88.2 cm³/mol. The van der Waals surface area contributed by atoms with E-state index in [1.165, 1.54) is 0 Å². The highest BCUT2D eigenvalue weighted by Gasteiger charge is 2.22. The van der Waals surface area contributed by atoms with E-state index in [1.807, 2.05) is 0 Å². The lowest BCUT2D eigenvalue weighted by Crippen LogP contribution is -2.38. The molecule has 2 rings (SSSR count). The van der Waals surface area contributed by atoms with Crippen molar-refractivity contribution < 1.29 is 19.4 Å². The molecule has 1 aliphatic rings. The molecule has 0 spiro atoms. The highest BCUT2D eigenvalue weighted by atomic mass is 16.5. The van der Waals surface area contributed by atoms with Gasteiger partial charge in [0.2, 0.25) is 5.91 Å². The third-order valence-electron chi connectivity index (χ3n) is 4.21. The van der Waals surface area contributed by atoms with Crippen molar-refractivity contribution in [3.8, 4) is 5.75 Å². The number of benzene rings is 1. The van der Waals surface area contributed by atoms with Crippen molar-refractivity contribution in [2.45, 2.75) is 26.2 Å². The van der Waals surface area contributed by atoms with Crippen LogP contribution in [0.3, 0.4) is 0 Å². The molecule has 0 bridgehead atoms. The number of ether oxygens (including phenoxy) is 1. The number of carbonyl (C=O) groups is 2. The number of likely N-dealkylation sites (tertiary alicyclic amines) is 1. The first-order valence-corrected chi connectivity index (χ1v) is 7.85. The Morgan fingerprint density at radius 2 is 1.87 bits per heavy atom. The smallest absolute Gasteiger partial charge is 0.332 e. The van der Waals surface area contributed by atoms with Gasteiger partial charge in [-0.2, -0.15) is 0 Å². The number of amides is 1. The maximum atomic E-state index is 12.3. The van der Waals surface area contributed by atoms with Crippen LogP contribution in [0.2, 0.25) is 0 Å². The van der Waals surface area contributed by atoms with Crippen LogP contribution < -0.4 is 4.74 Å². The van der Waals surface area contributed by atoms with E-state index >= 15 is 0 Å². The van der Waals surface area contributed by atoms with Crippen LogP contribution in [0, 0.1) is 5.92 Å². The minimum atomic E-state index is -1.06. The molecule has 0 aromatic heterocycles. The van der Waals surface area contributed by atoms with Gasteiger partial charge < -0.3 is 14.7 Å². The molecule has 0 saturated carbocycles. The minimum Gasteiger partial charge on any atom is -0.497 e. The lowest BCUT2D eigenvalue weighted by atomic mass is 9.98. The van der Waals surface area contributed by atoms with Gasteiger partial charge in [-0.25, -0.2) is 4.79 Å². The molecule has 23 heavy (non-hydrogen) atoms. The summed E-state index contributed by atoms with van der Waals surface area (Å²) < 4.78 is 5.08. The van der Waals surface area contributed by atoms with Gasteiger partial charge in [0.25, 0.3) is 0 Å². The van der Waals surface area contributed by atoms with Crippen LogP contribution in [0.15, 0.2) is 29.8 Å². The average Bonchev–Trinajstić information content (AvgIpc) is 2.55. The topological polar surface area (TPSA) is 66.8 Å². The molecule has 0 unspecified atom stereocenters. The number of aliphatic carboxylic acids is 1. The molecule has 5 heteroatoms. The molecule has 1 N–H and O–H groups in total. The lowest BCUT2D eigenvalue weighted by molar-refractivity contribution is -0.136. The normalized spacial score (nSPS) is 16.3. The van der Waals surface area contributed by atoms with Crippen molar-refractivity contribution in [1.82, 2.24) is 4.90 Å². The zero-order chi connectivity index (χ0) is 16.8. The van der Waals surface area contributed by atoms with Crippen LogP contribution in [0.5, 0.6) is 5.75 Å². The fourth-order valence-electron chi connectivity index (χ4n) is 2.62. The fourth-order valence-corrected chi connectivity index (χ4v) is 2.62. The predicted octanol–water partition coefficient (Wildman–Crippen LogP) is 2.81. The molecule has 5 nitrogen and oxygen atoms in total. The second-order valence-electron chi connectivity index (χ2n) is 5.99. The van der Waals surface area contributed by atoms with Gasteiger partial charge in [0.05, 0.1) is 13.5 Å². The largest absolute Gasteiger partial charge is 0.497 e. The van der Waals surface area contributed by atoms with E-state index in [9.17, 15) is 14.7 Å². The Morgan fingerprint density at radius 3 is 2.39 bits per heavy atom. The summed E-state index contributed by atoms with van der Waals surface area (Å²) >= 11 is 0. The average molecular weight is 317 g/mol. The zero-order valence-corrected chi connectivity index (χ0v) is 13.6. The molecule has 1 saturated heterocycles. The van der Waals surface area contributed by atoms with E-state index in [1.54, 1.807) is 42.4 Å². The number of carboxylic acids is 1. The van der Waals surface area contributed by atoms with Gasteiger partial charge in [0.15, 0.2) is 0 Å². The number of carboxylic acid groups (broad SMARTS) is 1. The maximum absolute atomic E-state index is 12.3. The van der Waals surface area contributed by atoms with E-state index in [4.69, 9.17) is 4.74 Å². The molecule has 1 aromatic rings. The highest BCUT2D eigenvalue weighted by Crippen LogP contribution is 2.19. The monoisotopic (exact) mass is 317 g/mol. The summed E-state index contributed by atoms with van der Waals surface area (Å²) in [4.78, 5) is 25.5. The maximum Gasteiger partial charge on any atom is 0.332 e. The molecule has 1 heterocycles. The SMILES string of the molecule is COc1ccc(/C=C(\CC(=O)N2CCC(C)CC2)C(=O)O)cc1. The van der Waals surface area contributed by atoms with Crippen LogP contribution in [0.4, 0.5) is 0 Å². The minimum absolute atomic E-state index is 0.0737. The van der Waals surface area contributed by atoms with Gasteiger partial charge >= 0.3 is 5.97 Å². The summed E-state index contributed by atoms with van der Waals surface area (Å²) in [6.45, 7) is 3.61. The van der Waals surface area contributed by atoms with Crippen LogP contribution in [0.25, 0.3) is 6.08 Å². The Balaban J connectivity index is 2.07. The number of rotatable bonds is 5. The second-order valence-corrected chi connectivity index (χ2v) is 5.99. The quantitative estimate of drug-likeness (QED) is 0.848. The Kier molecular flexibility index (Phi) is 5.79. The van der Waals surface area contributed by atoms with Crippen molar-refractivity contribution in [3.05, 3.63) is 35.4 Å². The third-order valence-corrected chi connectivity index (χ3v) is 4.21. The second kappa shape index (κ2) is 7.81. The van der Waals surface area contributed by atoms with Crippen LogP contribution in [-0.4, -0.2) is 42.1 Å². The Hall–Kier alpha value is -2.30. The molecule has 0 atom stereocenters. The fraction of sp³-hybridized carbons (Fsp3) is 0.444. The summed E-state index contributed by atoms with van der Waals surface area (Å²) in [6, 6.07) is 7.07. The van der Waals surface area contributed by atoms with Crippen LogP contribution >= 0.6 is 0 Å². The van der Waals surface area contributed by atoms with E-state index in [-0.39, 0.29) is 17.9 Å². The summed E-state index contributed by atoms with van der Waals surface area (Å²) in [5.41, 5.74) is 0.849. The summed E-state index contributed by atoms with van der Waals surface area (Å²) in [5.74, 6) is 0.170. The van der Waals surface area contributed by atoms with Crippen molar-refractivity contribution in [2.24, 2.45) is 5.92 Å². The number of hydrogen-bond acceptors (Lipinski definition) is 3. The Morgan fingerprint density at radius 1 is 1.26 bits per heavy atom. The highest BCUT2D eigenvalue weighted by molar-refractivity contribution is 5.98. The molecule has 1 amide bonds. The number of methoxy groups -OCH3 is 1. The van der Waals surface area contributed by atoms with Gasteiger partial charge in [0, 0.05) is 18.7 Å². The van der Waals surface area contributed by atoms with Gasteiger partial charge in [-0.15, -0.1) is 0 Å². The first kappa shape index (κ1) is 17.1. The van der Waals surface area contributed by atoms with E-state index < -0.39 is 5.97 Å². The molecule has 1 fully saturated rings. The number of hydrogen-bond donors (Lipinski definition) is 1. The number of piperidine rings is 1. The van der Waals surface area contributed by atoms with Crippen molar-refractivity contribution in [2.75, 3.05) is 20.2 Å². The zero-order valence-electron chi connectivity index (χ0n) is 13.6. The van der Waals surface area contributed by atoms with E-state index in [0.717, 1.165) is 31.5 Å². The van der Waals surface area contributed by atoms with Crippen molar-refractivity contribution >= 4 is 18.0 Å². The Labute approximate surface area is 136 Å². The molecular weight excluding hydrogens is 294 g/mol. The number of nitrogens with zero attached hydrogens (tertiary/aromatic N) is 1. The molecule has 1 aliphatic heterocycles. The molecule has 1 aromatic carbocycles. The molecule has 0 radical (unpaired) electrons.